The first-order valence-corrected chi connectivity index (χ1v) is 12.3. The number of hydrogen-bond donors (Lipinski definition) is 1. The van der Waals surface area contributed by atoms with E-state index in [4.69, 9.17) is 4.52 Å². The molecule has 0 aliphatic heterocycles. The van der Waals surface area contributed by atoms with E-state index in [9.17, 15) is 21.6 Å². The number of aromatic nitrogens is 6. The van der Waals surface area contributed by atoms with Gasteiger partial charge in [-0.1, -0.05) is 23.4 Å². The Labute approximate surface area is 207 Å². The van der Waals surface area contributed by atoms with Crippen LogP contribution < -0.4 is 9.46 Å². The molecule has 0 saturated carbocycles. The number of hydrogen-bond acceptors (Lipinski definition) is 8. The van der Waals surface area contributed by atoms with Crippen molar-refractivity contribution in [2.75, 3.05) is 0 Å². The average Bonchev–Trinajstić information content (AvgIpc) is 3.61. The van der Waals surface area contributed by atoms with E-state index < -0.39 is 22.1 Å². The molecule has 0 aliphatic rings. The van der Waals surface area contributed by atoms with Gasteiger partial charge in [-0.05, 0) is 30.3 Å². The lowest BCUT2D eigenvalue weighted by atomic mass is 10.2. The maximum Gasteiger partial charge on any atom is 0.573 e. The number of aryl methyl sites for hydroxylation is 2. The van der Waals surface area contributed by atoms with Crippen LogP contribution in [0.3, 0.4) is 0 Å². The van der Waals surface area contributed by atoms with Gasteiger partial charge in [0.2, 0.25) is 10.0 Å². The van der Waals surface area contributed by atoms with E-state index in [1.54, 1.807) is 12.5 Å². The number of sulfonamides is 1. The molecule has 192 valence electrons. The number of nitrogens with one attached hydrogen (secondary N) is 1. The van der Waals surface area contributed by atoms with Crippen LogP contribution in [0.15, 0.2) is 76.7 Å². The van der Waals surface area contributed by atoms with E-state index in [1.807, 2.05) is 39.7 Å². The lowest BCUT2D eigenvalue weighted by Crippen LogP contribution is -2.24. The number of imidazole rings is 1. The van der Waals surface area contributed by atoms with Crippen LogP contribution in [0.2, 0.25) is 0 Å². The minimum Gasteiger partial charge on any atom is -0.406 e. The third kappa shape index (κ3) is 5.62. The van der Waals surface area contributed by atoms with Gasteiger partial charge in [-0.2, -0.15) is 10.1 Å². The summed E-state index contributed by atoms with van der Waals surface area (Å²) in [6.07, 6.45) is 0.375. The largest absolute Gasteiger partial charge is 0.573 e. The molecule has 5 rings (SSSR count). The molecule has 0 unspecified atom stereocenters. The highest BCUT2D eigenvalue weighted by atomic mass is 32.2. The molecule has 0 saturated heterocycles. The second kappa shape index (κ2) is 9.67. The fraction of sp³-hybridized carbons (Fsp3) is 0.182. The second-order valence-corrected chi connectivity index (χ2v) is 9.52. The number of fused-ring (bicyclic) bond motifs is 1. The Hall–Kier alpha value is -4.24. The van der Waals surface area contributed by atoms with Crippen molar-refractivity contribution in [3.05, 3.63) is 73.1 Å². The number of para-hydroxylation sites is 1. The Kier molecular flexibility index (Phi) is 6.39. The summed E-state index contributed by atoms with van der Waals surface area (Å²) in [5.74, 6) is -0.376. The molecule has 0 atom stereocenters. The Morgan fingerprint density at radius 1 is 1.05 bits per heavy atom. The van der Waals surface area contributed by atoms with E-state index in [2.05, 4.69) is 29.7 Å². The van der Waals surface area contributed by atoms with Crippen molar-refractivity contribution in [3.63, 3.8) is 0 Å². The zero-order chi connectivity index (χ0) is 26.0. The summed E-state index contributed by atoms with van der Waals surface area (Å²) in [7, 11) is -4.07. The predicted octanol–water partition coefficient (Wildman–Crippen LogP) is 3.36. The minimum atomic E-state index is -4.88. The Morgan fingerprint density at radius 2 is 1.84 bits per heavy atom. The fourth-order valence-electron chi connectivity index (χ4n) is 3.57. The SMILES string of the molecule is O=S(=O)(NCc1noc(-c2nn(CCn3ccnc3)c3ccccc23)n1)c1ccc(OC(F)(F)F)cc1. The van der Waals surface area contributed by atoms with Crippen molar-refractivity contribution in [1.82, 2.24) is 34.2 Å². The molecular weight excluding hydrogens is 515 g/mol. The molecule has 0 bridgehead atoms. The summed E-state index contributed by atoms with van der Waals surface area (Å²) < 4.78 is 77.1. The van der Waals surface area contributed by atoms with Crippen molar-refractivity contribution < 1.29 is 30.8 Å². The fourth-order valence-corrected chi connectivity index (χ4v) is 4.55. The van der Waals surface area contributed by atoms with Crippen LogP contribution in [0.25, 0.3) is 22.5 Å². The smallest absolute Gasteiger partial charge is 0.406 e. The molecule has 0 fully saturated rings. The van der Waals surface area contributed by atoms with Crippen LogP contribution in [-0.2, 0) is 29.7 Å². The van der Waals surface area contributed by atoms with Gasteiger partial charge in [0.25, 0.3) is 5.89 Å². The first-order valence-electron chi connectivity index (χ1n) is 10.8. The van der Waals surface area contributed by atoms with Crippen molar-refractivity contribution in [1.29, 1.82) is 0 Å². The summed E-state index contributed by atoms with van der Waals surface area (Å²) in [6.45, 7) is 0.891. The third-order valence-corrected chi connectivity index (χ3v) is 6.66. The summed E-state index contributed by atoms with van der Waals surface area (Å²) in [5.41, 5.74) is 1.30. The molecule has 5 aromatic rings. The molecule has 37 heavy (non-hydrogen) atoms. The van der Waals surface area contributed by atoms with Crippen molar-refractivity contribution in [2.45, 2.75) is 30.9 Å². The maximum atomic E-state index is 12.5. The maximum absolute atomic E-state index is 12.5. The molecule has 15 heteroatoms. The lowest BCUT2D eigenvalue weighted by Gasteiger charge is -2.09. The quantitative estimate of drug-likeness (QED) is 0.305. The van der Waals surface area contributed by atoms with Gasteiger partial charge in [-0.15, -0.1) is 13.2 Å². The number of alkyl halides is 3. The molecular formula is C22H18F3N7O4S. The topological polar surface area (TPSA) is 130 Å². The van der Waals surface area contributed by atoms with Gasteiger partial charge in [0.1, 0.15) is 5.75 Å². The third-order valence-electron chi connectivity index (χ3n) is 5.25. The normalized spacial score (nSPS) is 12.3. The van der Waals surface area contributed by atoms with Crippen molar-refractivity contribution in [2.24, 2.45) is 0 Å². The molecule has 3 heterocycles. The van der Waals surface area contributed by atoms with Crippen molar-refractivity contribution in [3.8, 4) is 17.3 Å². The van der Waals surface area contributed by atoms with Gasteiger partial charge in [-0.25, -0.2) is 18.1 Å². The number of ether oxygens (including phenoxy) is 1. The highest BCUT2D eigenvalue weighted by Gasteiger charge is 2.31. The molecule has 0 radical (unpaired) electrons. The Balaban J connectivity index is 1.30. The van der Waals surface area contributed by atoms with Gasteiger partial charge < -0.3 is 13.8 Å². The highest BCUT2D eigenvalue weighted by Crippen LogP contribution is 2.27. The van der Waals surface area contributed by atoms with E-state index in [0.29, 0.717) is 18.8 Å². The van der Waals surface area contributed by atoms with Crippen LogP contribution in [-0.4, -0.2) is 44.3 Å². The molecule has 1 N–H and O–H groups in total. The number of nitrogens with zero attached hydrogens (tertiary/aromatic N) is 6. The first kappa shape index (κ1) is 24.5. The molecule has 2 aromatic carbocycles. The number of rotatable bonds is 9. The van der Waals surface area contributed by atoms with Crippen LogP contribution >= 0.6 is 0 Å². The standard InChI is InChI=1S/C22H18F3N7O4S/c23-22(24,25)35-15-5-7-16(8-6-15)37(33,34)27-13-19-28-21(36-30-19)20-17-3-1-2-4-18(17)32(29-20)12-11-31-10-9-26-14-31/h1-10,14,27H,11-13H2. The molecule has 3 aromatic heterocycles. The Bertz CT molecular complexity index is 1610. The number of halogens is 3. The molecule has 0 aliphatic carbocycles. The predicted molar refractivity (Wildman–Crippen MR) is 122 cm³/mol. The summed E-state index contributed by atoms with van der Waals surface area (Å²) >= 11 is 0. The summed E-state index contributed by atoms with van der Waals surface area (Å²) in [6, 6.07) is 11.3. The molecule has 11 nitrogen and oxygen atoms in total. The monoisotopic (exact) mass is 533 g/mol. The van der Waals surface area contributed by atoms with E-state index in [-0.39, 0.29) is 23.2 Å². The summed E-state index contributed by atoms with van der Waals surface area (Å²) in [5, 5.41) is 9.23. The highest BCUT2D eigenvalue weighted by molar-refractivity contribution is 7.89. The molecule has 0 spiro atoms. The first-order chi connectivity index (χ1) is 17.7. The van der Waals surface area contributed by atoms with Crippen LogP contribution in [0.5, 0.6) is 5.75 Å². The zero-order valence-corrected chi connectivity index (χ0v) is 19.6. The summed E-state index contributed by atoms with van der Waals surface area (Å²) in [4.78, 5) is 8.04. The average molecular weight is 533 g/mol. The van der Waals surface area contributed by atoms with Gasteiger partial charge >= 0.3 is 6.36 Å². The van der Waals surface area contributed by atoms with E-state index in [1.165, 1.54) is 0 Å². The van der Waals surface area contributed by atoms with Gasteiger partial charge in [0.15, 0.2) is 11.5 Å². The van der Waals surface area contributed by atoms with E-state index >= 15 is 0 Å². The van der Waals surface area contributed by atoms with Crippen LogP contribution in [0.1, 0.15) is 5.82 Å². The lowest BCUT2D eigenvalue weighted by molar-refractivity contribution is -0.274. The van der Waals surface area contributed by atoms with Crippen molar-refractivity contribution >= 4 is 20.9 Å². The zero-order valence-electron chi connectivity index (χ0n) is 18.8. The molecule has 0 amide bonds. The van der Waals surface area contributed by atoms with Gasteiger partial charge in [0.05, 0.1) is 29.8 Å². The minimum absolute atomic E-state index is 0.0487. The van der Waals surface area contributed by atoms with Gasteiger partial charge in [-0.3, -0.25) is 4.68 Å². The van der Waals surface area contributed by atoms with Gasteiger partial charge in [0, 0.05) is 24.3 Å². The van der Waals surface area contributed by atoms with E-state index in [0.717, 1.165) is 35.2 Å². The number of benzene rings is 2. The second-order valence-electron chi connectivity index (χ2n) is 7.75. The Morgan fingerprint density at radius 3 is 2.57 bits per heavy atom. The van der Waals surface area contributed by atoms with Crippen LogP contribution in [0, 0.1) is 0 Å². The van der Waals surface area contributed by atoms with Crippen LogP contribution in [0.4, 0.5) is 13.2 Å².